The molecule has 1 saturated heterocycles. The fraction of sp³-hybridized carbons (Fsp3) is 0.545. The maximum atomic E-state index is 12.4. The molecule has 0 N–H and O–H groups in total. The highest BCUT2D eigenvalue weighted by atomic mass is 35.5. The Labute approximate surface area is 108 Å². The van der Waals surface area contributed by atoms with E-state index in [4.69, 9.17) is 16.3 Å². The molecule has 1 aromatic heterocycles. The van der Waals surface area contributed by atoms with Crippen LogP contribution < -0.4 is 4.90 Å². The maximum absolute atomic E-state index is 12.4. The van der Waals surface area contributed by atoms with Crippen LogP contribution in [0.2, 0.25) is 0 Å². The van der Waals surface area contributed by atoms with E-state index >= 15 is 0 Å². The van der Waals surface area contributed by atoms with Crippen LogP contribution in [0, 0.1) is 0 Å². The molecule has 0 radical (unpaired) electrons. The molecule has 0 spiro atoms. The van der Waals surface area contributed by atoms with Crippen LogP contribution in [0.5, 0.6) is 0 Å². The number of nitrogens with zero attached hydrogens (tertiary/aromatic N) is 2. The molecular weight excluding hydrogens is 269 g/mol. The summed E-state index contributed by atoms with van der Waals surface area (Å²) < 4.78 is 42.5. The first-order chi connectivity index (χ1) is 8.50. The van der Waals surface area contributed by atoms with E-state index < -0.39 is 11.7 Å². The molecule has 0 bridgehead atoms. The third kappa shape index (κ3) is 3.05. The topological polar surface area (TPSA) is 25.4 Å². The minimum absolute atomic E-state index is 0.107. The van der Waals surface area contributed by atoms with Gasteiger partial charge in [-0.25, -0.2) is 4.98 Å². The minimum atomic E-state index is -4.35. The van der Waals surface area contributed by atoms with Gasteiger partial charge in [-0.1, -0.05) is 0 Å². The first kappa shape index (κ1) is 13.4. The number of morpholine rings is 1. The van der Waals surface area contributed by atoms with Gasteiger partial charge in [-0.05, 0) is 12.1 Å². The van der Waals surface area contributed by atoms with Gasteiger partial charge in [-0.2, -0.15) is 13.2 Å². The standard InChI is InChI=1S/C11H12ClF3N2O/c12-5-9-7-17(3-4-18-9)10-2-1-8(6-16-10)11(13,14)15/h1-2,6,9H,3-5,7H2. The Bertz CT molecular complexity index is 396. The molecule has 100 valence electrons. The molecule has 1 fully saturated rings. The second-order valence-corrected chi connectivity index (χ2v) is 4.30. The second-order valence-electron chi connectivity index (χ2n) is 4.00. The molecule has 1 atom stereocenters. The second kappa shape index (κ2) is 5.32. The lowest BCUT2D eigenvalue weighted by atomic mass is 10.2. The number of ether oxygens (including phenoxy) is 1. The fourth-order valence-corrected chi connectivity index (χ4v) is 1.95. The summed E-state index contributed by atoms with van der Waals surface area (Å²) in [5.74, 6) is 0.873. The maximum Gasteiger partial charge on any atom is 0.417 e. The molecule has 1 aliphatic rings. The monoisotopic (exact) mass is 280 g/mol. The number of pyridine rings is 1. The summed E-state index contributed by atoms with van der Waals surface area (Å²) in [7, 11) is 0. The summed E-state index contributed by atoms with van der Waals surface area (Å²) in [6.45, 7) is 1.65. The van der Waals surface area contributed by atoms with Gasteiger partial charge < -0.3 is 9.64 Å². The third-order valence-corrected chi connectivity index (χ3v) is 3.05. The Morgan fingerprint density at radius 1 is 1.44 bits per heavy atom. The van der Waals surface area contributed by atoms with E-state index in [1.54, 1.807) is 0 Å². The van der Waals surface area contributed by atoms with Gasteiger partial charge >= 0.3 is 6.18 Å². The Kier molecular flexibility index (Phi) is 3.97. The van der Waals surface area contributed by atoms with Crippen LogP contribution in [0.15, 0.2) is 18.3 Å². The van der Waals surface area contributed by atoms with Crippen LogP contribution >= 0.6 is 11.6 Å². The van der Waals surface area contributed by atoms with E-state index in [2.05, 4.69) is 4.98 Å². The van der Waals surface area contributed by atoms with Crippen molar-refractivity contribution in [3.63, 3.8) is 0 Å². The Balaban J connectivity index is 2.09. The van der Waals surface area contributed by atoms with Gasteiger partial charge in [0.15, 0.2) is 0 Å². The molecule has 3 nitrogen and oxygen atoms in total. The number of aromatic nitrogens is 1. The molecule has 2 rings (SSSR count). The molecule has 1 aliphatic heterocycles. The number of halogens is 4. The predicted molar refractivity (Wildman–Crippen MR) is 61.9 cm³/mol. The zero-order valence-corrected chi connectivity index (χ0v) is 10.2. The molecule has 1 aromatic rings. The lowest BCUT2D eigenvalue weighted by Crippen LogP contribution is -2.43. The van der Waals surface area contributed by atoms with Crippen LogP contribution in [0.4, 0.5) is 19.0 Å². The Hall–Kier alpha value is -1.01. The first-order valence-electron chi connectivity index (χ1n) is 5.46. The smallest absolute Gasteiger partial charge is 0.373 e. The van der Waals surface area contributed by atoms with Gasteiger partial charge in [0.1, 0.15) is 5.82 Å². The van der Waals surface area contributed by atoms with Crippen molar-refractivity contribution in [3.8, 4) is 0 Å². The van der Waals surface area contributed by atoms with E-state index in [-0.39, 0.29) is 6.10 Å². The van der Waals surface area contributed by atoms with Crippen LogP contribution in [0.1, 0.15) is 5.56 Å². The van der Waals surface area contributed by atoms with Crippen molar-refractivity contribution in [2.75, 3.05) is 30.5 Å². The van der Waals surface area contributed by atoms with E-state index in [0.717, 1.165) is 12.3 Å². The molecule has 0 amide bonds. The van der Waals surface area contributed by atoms with Crippen molar-refractivity contribution >= 4 is 17.4 Å². The normalized spacial score (nSPS) is 21.1. The highest BCUT2D eigenvalue weighted by molar-refractivity contribution is 6.18. The van der Waals surface area contributed by atoms with Crippen molar-refractivity contribution in [2.45, 2.75) is 12.3 Å². The lowest BCUT2D eigenvalue weighted by molar-refractivity contribution is -0.137. The van der Waals surface area contributed by atoms with E-state index in [0.29, 0.717) is 31.4 Å². The number of hydrogen-bond acceptors (Lipinski definition) is 3. The quantitative estimate of drug-likeness (QED) is 0.779. The summed E-state index contributed by atoms with van der Waals surface area (Å²) in [5.41, 5.74) is -0.742. The van der Waals surface area contributed by atoms with Gasteiger partial charge in [-0.15, -0.1) is 11.6 Å². The summed E-state index contributed by atoms with van der Waals surface area (Å²) in [6.07, 6.45) is -3.61. The highest BCUT2D eigenvalue weighted by Crippen LogP contribution is 2.29. The average Bonchev–Trinajstić information content (AvgIpc) is 2.38. The van der Waals surface area contributed by atoms with Crippen molar-refractivity contribution in [2.24, 2.45) is 0 Å². The minimum Gasteiger partial charge on any atom is -0.373 e. The molecule has 2 heterocycles. The number of anilines is 1. The van der Waals surface area contributed by atoms with Crippen LogP contribution in [-0.4, -0.2) is 36.7 Å². The van der Waals surface area contributed by atoms with Crippen molar-refractivity contribution in [1.82, 2.24) is 4.98 Å². The van der Waals surface area contributed by atoms with E-state index in [1.807, 2.05) is 4.90 Å². The summed E-state index contributed by atoms with van der Waals surface area (Å²) in [6, 6.07) is 2.41. The molecule has 0 saturated carbocycles. The number of rotatable bonds is 2. The molecule has 0 aromatic carbocycles. The largest absolute Gasteiger partial charge is 0.417 e. The average molecular weight is 281 g/mol. The lowest BCUT2D eigenvalue weighted by Gasteiger charge is -2.32. The van der Waals surface area contributed by atoms with Crippen molar-refractivity contribution in [3.05, 3.63) is 23.9 Å². The zero-order valence-electron chi connectivity index (χ0n) is 9.45. The summed E-state index contributed by atoms with van der Waals surface area (Å²) >= 11 is 5.70. The Morgan fingerprint density at radius 3 is 2.78 bits per heavy atom. The fourth-order valence-electron chi connectivity index (χ4n) is 1.76. The molecular formula is C11H12ClF3N2O. The van der Waals surface area contributed by atoms with Crippen LogP contribution in [-0.2, 0) is 10.9 Å². The van der Waals surface area contributed by atoms with Gasteiger partial charge in [0, 0.05) is 19.3 Å². The van der Waals surface area contributed by atoms with Crippen LogP contribution in [0.25, 0.3) is 0 Å². The van der Waals surface area contributed by atoms with E-state index in [9.17, 15) is 13.2 Å². The summed E-state index contributed by atoms with van der Waals surface area (Å²) in [5, 5.41) is 0. The number of alkyl halides is 4. The molecule has 1 unspecified atom stereocenters. The summed E-state index contributed by atoms with van der Waals surface area (Å²) in [4.78, 5) is 5.72. The molecule has 7 heteroatoms. The van der Waals surface area contributed by atoms with E-state index in [1.165, 1.54) is 6.07 Å². The van der Waals surface area contributed by atoms with Gasteiger partial charge in [-0.3, -0.25) is 0 Å². The van der Waals surface area contributed by atoms with Gasteiger partial charge in [0.2, 0.25) is 0 Å². The SMILES string of the molecule is FC(F)(F)c1ccc(N2CCOC(CCl)C2)nc1. The van der Waals surface area contributed by atoms with Crippen molar-refractivity contribution in [1.29, 1.82) is 0 Å². The van der Waals surface area contributed by atoms with Crippen LogP contribution in [0.3, 0.4) is 0 Å². The molecule has 18 heavy (non-hydrogen) atoms. The van der Waals surface area contributed by atoms with Crippen molar-refractivity contribution < 1.29 is 17.9 Å². The third-order valence-electron chi connectivity index (χ3n) is 2.71. The predicted octanol–water partition coefficient (Wildman–Crippen LogP) is 2.54. The number of hydrogen-bond donors (Lipinski definition) is 0. The molecule has 0 aliphatic carbocycles. The highest BCUT2D eigenvalue weighted by Gasteiger charge is 2.31. The first-order valence-corrected chi connectivity index (χ1v) is 6.00. The van der Waals surface area contributed by atoms with Gasteiger partial charge in [0.05, 0.1) is 24.2 Å². The van der Waals surface area contributed by atoms with Gasteiger partial charge in [0.25, 0.3) is 0 Å². The Morgan fingerprint density at radius 2 is 2.22 bits per heavy atom. The zero-order chi connectivity index (χ0) is 13.2.